The molecule has 200 valence electrons. The average Bonchev–Trinajstić information content (AvgIpc) is 3.41. The number of nitrogens with two attached hydrogens (primary N) is 1. The standard InChI is InChI=1S/C24H21F5N6O2S/c1-24(22(28)29,38-23(30)31-2)8-12-5-13(6-16(25)19(12)27)35-21-20-15(17(26)10-34-21)7-14(9-33-20)37-11-18-32-3-4-36-18/h3-7,9-10,22H,8,11H2,1-2H3,(H2,30,31)(H,34,35)/t24-/m1/s1. The van der Waals surface area contributed by atoms with Crippen LogP contribution in [-0.4, -0.2) is 38.3 Å². The van der Waals surface area contributed by atoms with Crippen molar-refractivity contribution in [3.63, 3.8) is 0 Å². The molecule has 0 amide bonds. The Morgan fingerprint density at radius 3 is 2.63 bits per heavy atom. The van der Waals surface area contributed by atoms with Crippen LogP contribution in [0.5, 0.6) is 5.75 Å². The number of halogens is 5. The molecular formula is C24H21F5N6O2S. The van der Waals surface area contributed by atoms with Crippen molar-refractivity contribution < 1.29 is 31.1 Å². The van der Waals surface area contributed by atoms with Gasteiger partial charge in [-0.3, -0.25) is 4.99 Å². The van der Waals surface area contributed by atoms with Gasteiger partial charge in [-0.1, -0.05) is 11.8 Å². The van der Waals surface area contributed by atoms with E-state index >= 15 is 0 Å². The van der Waals surface area contributed by atoms with Crippen LogP contribution in [0, 0.1) is 17.5 Å². The van der Waals surface area contributed by atoms with E-state index in [2.05, 4.69) is 25.3 Å². The number of benzene rings is 1. The zero-order chi connectivity index (χ0) is 27.4. The highest BCUT2D eigenvalue weighted by Gasteiger charge is 2.38. The number of ether oxygens (including phenoxy) is 1. The van der Waals surface area contributed by atoms with Gasteiger partial charge in [-0.05, 0) is 31.0 Å². The lowest BCUT2D eigenvalue weighted by molar-refractivity contribution is 0.106. The second-order valence-electron chi connectivity index (χ2n) is 8.25. The first-order chi connectivity index (χ1) is 18.1. The zero-order valence-electron chi connectivity index (χ0n) is 20.0. The molecule has 0 spiro atoms. The van der Waals surface area contributed by atoms with E-state index in [0.29, 0.717) is 17.7 Å². The second-order valence-corrected chi connectivity index (χ2v) is 9.80. The second kappa shape index (κ2) is 11.2. The van der Waals surface area contributed by atoms with E-state index in [1.165, 1.54) is 44.8 Å². The molecule has 0 radical (unpaired) electrons. The Balaban J connectivity index is 1.63. The van der Waals surface area contributed by atoms with Crippen molar-refractivity contribution in [3.05, 3.63) is 72.0 Å². The smallest absolute Gasteiger partial charge is 0.253 e. The highest BCUT2D eigenvalue weighted by molar-refractivity contribution is 8.15. The Bertz CT molecular complexity index is 1470. The van der Waals surface area contributed by atoms with Gasteiger partial charge in [0.05, 0.1) is 23.3 Å². The van der Waals surface area contributed by atoms with Crippen molar-refractivity contribution in [2.75, 3.05) is 12.4 Å². The lowest BCUT2D eigenvalue weighted by Gasteiger charge is -2.28. The quantitative estimate of drug-likeness (QED) is 0.157. The van der Waals surface area contributed by atoms with E-state index in [1.54, 1.807) is 0 Å². The molecule has 8 nitrogen and oxygen atoms in total. The molecule has 0 aliphatic heterocycles. The number of nitrogens with zero attached hydrogens (tertiary/aromatic N) is 4. The summed E-state index contributed by atoms with van der Waals surface area (Å²) >= 11 is 0.565. The number of aliphatic imine (C=N–C) groups is 1. The molecule has 38 heavy (non-hydrogen) atoms. The van der Waals surface area contributed by atoms with Gasteiger partial charge in [0, 0.05) is 24.2 Å². The normalized spacial score (nSPS) is 13.6. The fraction of sp³-hybridized carbons (Fsp3) is 0.250. The highest BCUT2D eigenvalue weighted by atomic mass is 32.2. The summed E-state index contributed by atoms with van der Waals surface area (Å²) in [5, 5.41) is 2.68. The van der Waals surface area contributed by atoms with Crippen LogP contribution in [0.2, 0.25) is 0 Å². The lowest BCUT2D eigenvalue weighted by Crippen LogP contribution is -2.36. The fourth-order valence-electron chi connectivity index (χ4n) is 3.51. The van der Waals surface area contributed by atoms with Gasteiger partial charge in [0.1, 0.15) is 17.5 Å². The molecule has 4 rings (SSSR count). The summed E-state index contributed by atoms with van der Waals surface area (Å²) in [5.74, 6) is -2.71. The third-order valence-corrected chi connectivity index (χ3v) is 6.61. The van der Waals surface area contributed by atoms with Crippen LogP contribution in [0.25, 0.3) is 10.9 Å². The number of anilines is 2. The number of hydrogen-bond acceptors (Lipinski definition) is 8. The van der Waals surface area contributed by atoms with E-state index in [1.807, 2.05) is 0 Å². The van der Waals surface area contributed by atoms with Crippen molar-refractivity contribution in [2.45, 2.75) is 31.1 Å². The first-order valence-corrected chi connectivity index (χ1v) is 11.8. The monoisotopic (exact) mass is 552 g/mol. The number of thioether (sulfide) groups is 1. The third-order valence-electron chi connectivity index (χ3n) is 5.42. The topological polar surface area (TPSA) is 111 Å². The third kappa shape index (κ3) is 5.96. The number of alkyl halides is 2. The molecule has 0 saturated carbocycles. The molecule has 0 bridgehead atoms. The van der Waals surface area contributed by atoms with E-state index in [-0.39, 0.29) is 45.5 Å². The highest BCUT2D eigenvalue weighted by Crippen LogP contribution is 2.37. The number of rotatable bonds is 9. The molecule has 3 N–H and O–H groups in total. The SMILES string of the molecule is CN=C(N)S[C@](C)(Cc1cc(Nc2ncc(F)c3cc(OCc4ncco4)cnc23)cc(F)c1F)C(F)F. The molecule has 3 heterocycles. The molecule has 0 aliphatic carbocycles. The van der Waals surface area contributed by atoms with Gasteiger partial charge in [0.15, 0.2) is 35.0 Å². The average molecular weight is 553 g/mol. The molecule has 0 fully saturated rings. The Morgan fingerprint density at radius 2 is 1.95 bits per heavy atom. The van der Waals surface area contributed by atoms with Crippen LogP contribution in [0.15, 0.2) is 52.5 Å². The Kier molecular flexibility index (Phi) is 7.99. The van der Waals surface area contributed by atoms with E-state index in [9.17, 15) is 22.0 Å². The van der Waals surface area contributed by atoms with Gasteiger partial charge in [0.25, 0.3) is 6.43 Å². The van der Waals surface area contributed by atoms with Crippen molar-refractivity contribution in [2.24, 2.45) is 10.7 Å². The number of oxazole rings is 1. The van der Waals surface area contributed by atoms with Gasteiger partial charge in [0.2, 0.25) is 5.89 Å². The Labute approximate surface area is 217 Å². The maximum absolute atomic E-state index is 14.6. The Morgan fingerprint density at radius 1 is 1.16 bits per heavy atom. The number of amidine groups is 1. The number of hydrogen-bond donors (Lipinski definition) is 2. The van der Waals surface area contributed by atoms with Crippen molar-refractivity contribution in [1.82, 2.24) is 15.0 Å². The van der Waals surface area contributed by atoms with Crippen molar-refractivity contribution in [1.29, 1.82) is 0 Å². The zero-order valence-corrected chi connectivity index (χ0v) is 20.8. The fourth-order valence-corrected chi connectivity index (χ4v) is 4.40. The minimum absolute atomic E-state index is 0.0101. The summed E-state index contributed by atoms with van der Waals surface area (Å²) in [4.78, 5) is 15.7. The van der Waals surface area contributed by atoms with Crippen molar-refractivity contribution in [3.8, 4) is 5.75 Å². The molecule has 3 aromatic heterocycles. The van der Waals surface area contributed by atoms with Crippen molar-refractivity contribution >= 4 is 39.3 Å². The molecule has 0 unspecified atom stereocenters. The van der Waals surface area contributed by atoms with Crippen LogP contribution in [0.3, 0.4) is 0 Å². The maximum Gasteiger partial charge on any atom is 0.253 e. The molecule has 1 aromatic carbocycles. The molecule has 1 atom stereocenters. The minimum atomic E-state index is -2.93. The predicted octanol–water partition coefficient (Wildman–Crippen LogP) is 5.60. The van der Waals surface area contributed by atoms with Crippen LogP contribution in [0.1, 0.15) is 18.4 Å². The summed E-state index contributed by atoms with van der Waals surface area (Å²) in [6.45, 7) is 1.17. The van der Waals surface area contributed by atoms with Crippen LogP contribution in [-0.2, 0) is 13.0 Å². The molecule has 4 aromatic rings. The lowest BCUT2D eigenvalue weighted by atomic mass is 9.99. The predicted molar refractivity (Wildman–Crippen MR) is 133 cm³/mol. The number of aromatic nitrogens is 3. The van der Waals surface area contributed by atoms with E-state index in [0.717, 1.165) is 12.3 Å². The minimum Gasteiger partial charge on any atom is -0.482 e. The summed E-state index contributed by atoms with van der Waals surface area (Å²) < 4.78 is 80.2. The van der Waals surface area contributed by atoms with Gasteiger partial charge in [-0.25, -0.2) is 36.9 Å². The van der Waals surface area contributed by atoms with Crippen LogP contribution in [0.4, 0.5) is 33.5 Å². The molecular weight excluding hydrogens is 531 g/mol. The maximum atomic E-state index is 14.6. The van der Waals surface area contributed by atoms with E-state index in [4.69, 9.17) is 14.9 Å². The van der Waals surface area contributed by atoms with Crippen LogP contribution >= 0.6 is 11.8 Å². The molecule has 0 saturated heterocycles. The first kappa shape index (κ1) is 27.1. The summed E-state index contributed by atoms with van der Waals surface area (Å²) in [7, 11) is 1.33. The molecule has 14 heteroatoms. The van der Waals surface area contributed by atoms with Gasteiger partial charge in [-0.15, -0.1) is 0 Å². The van der Waals surface area contributed by atoms with Gasteiger partial charge >= 0.3 is 0 Å². The summed E-state index contributed by atoms with van der Waals surface area (Å²) in [6, 6.07) is 3.39. The first-order valence-electron chi connectivity index (χ1n) is 11.0. The number of fused-ring (bicyclic) bond motifs is 1. The molecule has 0 aliphatic rings. The number of pyridine rings is 2. The summed E-state index contributed by atoms with van der Waals surface area (Å²) in [6.07, 6.45) is 1.57. The van der Waals surface area contributed by atoms with Crippen LogP contribution < -0.4 is 15.8 Å². The van der Waals surface area contributed by atoms with Gasteiger partial charge in [-0.2, -0.15) is 0 Å². The van der Waals surface area contributed by atoms with E-state index < -0.39 is 35.0 Å². The van der Waals surface area contributed by atoms with Gasteiger partial charge < -0.3 is 20.2 Å². The largest absolute Gasteiger partial charge is 0.482 e. The number of nitrogens with one attached hydrogen (secondary N) is 1. The Hall–Kier alpha value is -3.94. The summed E-state index contributed by atoms with van der Waals surface area (Å²) in [5.41, 5.74) is 5.34.